The molecule has 0 radical (unpaired) electrons. The van der Waals surface area contributed by atoms with Crippen LogP contribution in [0.3, 0.4) is 0 Å². The molecule has 0 spiro atoms. The molecule has 1 aliphatic rings. The maximum Gasteiger partial charge on any atom is 0.265 e. The smallest absolute Gasteiger partial charge is 0.265 e. The van der Waals surface area contributed by atoms with E-state index in [1.807, 2.05) is 13.0 Å². The van der Waals surface area contributed by atoms with Crippen LogP contribution >= 0.6 is 0 Å². The van der Waals surface area contributed by atoms with Crippen LogP contribution in [0.1, 0.15) is 37.3 Å². The second-order valence-electron chi connectivity index (χ2n) is 6.71. The molecule has 0 unspecified atom stereocenters. The van der Waals surface area contributed by atoms with Crippen LogP contribution in [0.4, 0.5) is 5.69 Å². The van der Waals surface area contributed by atoms with Crippen LogP contribution in [0, 0.1) is 0 Å². The number of methoxy groups -OCH3 is 2. The zero-order valence-electron chi connectivity index (χ0n) is 16.2. The quantitative estimate of drug-likeness (QED) is 0.787. The fourth-order valence-corrected chi connectivity index (χ4v) is 3.38. The summed E-state index contributed by atoms with van der Waals surface area (Å²) >= 11 is 0. The molecule has 144 valence electrons. The highest BCUT2D eigenvalue weighted by Gasteiger charge is 2.21. The zero-order valence-corrected chi connectivity index (χ0v) is 16.2. The van der Waals surface area contributed by atoms with Gasteiger partial charge in [0.05, 0.1) is 19.9 Å². The summed E-state index contributed by atoms with van der Waals surface area (Å²) in [6.07, 6.45) is 4.67. The van der Waals surface area contributed by atoms with Gasteiger partial charge in [0.2, 0.25) is 0 Å². The van der Waals surface area contributed by atoms with E-state index in [0.717, 1.165) is 18.6 Å². The first-order valence-electron chi connectivity index (χ1n) is 9.46. The number of rotatable bonds is 7. The Bertz CT molecular complexity index is 803. The van der Waals surface area contributed by atoms with Gasteiger partial charge >= 0.3 is 0 Å². The monoisotopic (exact) mass is 369 g/mol. The Kier molecular flexibility index (Phi) is 6.22. The van der Waals surface area contributed by atoms with Gasteiger partial charge in [-0.2, -0.15) is 0 Å². The van der Waals surface area contributed by atoms with E-state index >= 15 is 0 Å². The van der Waals surface area contributed by atoms with Crippen LogP contribution in [0.5, 0.6) is 17.2 Å². The third-order valence-electron chi connectivity index (χ3n) is 4.93. The van der Waals surface area contributed by atoms with Crippen molar-refractivity contribution in [1.82, 2.24) is 0 Å². The summed E-state index contributed by atoms with van der Waals surface area (Å²) in [5.41, 5.74) is 3.33. The molecular formula is C22H27NO4. The molecule has 1 amide bonds. The predicted molar refractivity (Wildman–Crippen MR) is 106 cm³/mol. The lowest BCUT2D eigenvalue weighted by Gasteiger charge is -2.21. The molecule has 2 aromatic rings. The number of hydrogen-bond acceptors (Lipinski definition) is 4. The second kappa shape index (κ2) is 8.80. The lowest BCUT2D eigenvalue weighted by Crippen LogP contribution is -2.32. The number of ether oxygens (including phenoxy) is 3. The van der Waals surface area contributed by atoms with Crippen molar-refractivity contribution in [3.05, 3.63) is 47.5 Å². The highest BCUT2D eigenvalue weighted by Crippen LogP contribution is 2.30. The van der Waals surface area contributed by atoms with Crippen molar-refractivity contribution in [2.24, 2.45) is 0 Å². The van der Waals surface area contributed by atoms with E-state index in [2.05, 4.69) is 17.4 Å². The van der Waals surface area contributed by atoms with E-state index in [4.69, 9.17) is 14.2 Å². The number of amides is 1. The molecule has 1 N–H and O–H groups in total. The Hall–Kier alpha value is -2.69. The van der Waals surface area contributed by atoms with Gasteiger partial charge in [-0.25, -0.2) is 0 Å². The normalized spacial score (nSPS) is 14.0. The van der Waals surface area contributed by atoms with Crippen molar-refractivity contribution in [3.8, 4) is 17.2 Å². The van der Waals surface area contributed by atoms with Gasteiger partial charge < -0.3 is 19.5 Å². The number of nitrogens with one attached hydrogen (secondary N) is 1. The standard InChI is InChI=1S/C22H27NO4/c1-4-20(27-18-10-9-15-7-5-6-8-16(15)13-18)22(24)23-19-12-11-17(25-2)14-21(19)26-3/h9-14,20H,4-8H2,1-3H3,(H,23,24)/t20-/m0/s1. The summed E-state index contributed by atoms with van der Waals surface area (Å²) in [4.78, 5) is 12.7. The van der Waals surface area contributed by atoms with Gasteiger partial charge in [-0.1, -0.05) is 13.0 Å². The molecule has 0 saturated carbocycles. The number of fused-ring (bicyclic) bond motifs is 1. The minimum atomic E-state index is -0.571. The van der Waals surface area contributed by atoms with Gasteiger partial charge in [0.15, 0.2) is 6.10 Å². The van der Waals surface area contributed by atoms with Gasteiger partial charge in [-0.05, 0) is 67.5 Å². The van der Waals surface area contributed by atoms with Crippen LogP contribution in [0.25, 0.3) is 0 Å². The fraction of sp³-hybridized carbons (Fsp3) is 0.409. The van der Waals surface area contributed by atoms with Crippen molar-refractivity contribution < 1.29 is 19.0 Å². The Labute approximate surface area is 160 Å². The predicted octanol–water partition coefficient (Wildman–Crippen LogP) is 4.38. The van der Waals surface area contributed by atoms with Crippen LogP contribution in [-0.4, -0.2) is 26.2 Å². The number of anilines is 1. The first-order valence-corrected chi connectivity index (χ1v) is 9.46. The molecule has 0 aromatic heterocycles. The first-order chi connectivity index (χ1) is 13.1. The molecule has 5 nitrogen and oxygen atoms in total. The summed E-state index contributed by atoms with van der Waals surface area (Å²) in [6, 6.07) is 11.5. The molecule has 3 rings (SSSR count). The highest BCUT2D eigenvalue weighted by molar-refractivity contribution is 5.95. The first kappa shape index (κ1) is 19.1. The molecule has 0 saturated heterocycles. The zero-order chi connectivity index (χ0) is 19.2. The maximum atomic E-state index is 12.7. The van der Waals surface area contributed by atoms with E-state index in [-0.39, 0.29) is 5.91 Å². The molecular weight excluding hydrogens is 342 g/mol. The molecule has 2 aromatic carbocycles. The van der Waals surface area contributed by atoms with E-state index in [1.165, 1.54) is 24.0 Å². The molecule has 1 atom stereocenters. The molecule has 0 heterocycles. The van der Waals surface area contributed by atoms with Crippen molar-refractivity contribution in [3.63, 3.8) is 0 Å². The van der Waals surface area contributed by atoms with Gasteiger partial charge in [0, 0.05) is 6.07 Å². The van der Waals surface area contributed by atoms with E-state index in [1.54, 1.807) is 32.4 Å². The third-order valence-corrected chi connectivity index (χ3v) is 4.93. The minimum Gasteiger partial charge on any atom is -0.497 e. The van der Waals surface area contributed by atoms with Crippen LogP contribution in [-0.2, 0) is 17.6 Å². The molecule has 0 bridgehead atoms. The van der Waals surface area contributed by atoms with Crippen molar-refractivity contribution >= 4 is 11.6 Å². The summed E-state index contributed by atoms with van der Waals surface area (Å²) < 4.78 is 16.5. The highest BCUT2D eigenvalue weighted by atomic mass is 16.5. The maximum absolute atomic E-state index is 12.7. The number of carbonyl (C=O) groups excluding carboxylic acids is 1. The Morgan fingerprint density at radius 3 is 2.44 bits per heavy atom. The largest absolute Gasteiger partial charge is 0.497 e. The lowest BCUT2D eigenvalue weighted by atomic mass is 9.92. The van der Waals surface area contributed by atoms with Crippen LogP contribution < -0.4 is 19.5 Å². The Balaban J connectivity index is 1.71. The third kappa shape index (κ3) is 4.54. The topological polar surface area (TPSA) is 56.8 Å². The average molecular weight is 369 g/mol. The van der Waals surface area contributed by atoms with Gasteiger partial charge in [0.25, 0.3) is 5.91 Å². The SMILES string of the molecule is CC[C@H](Oc1ccc2c(c1)CCCC2)C(=O)Nc1ccc(OC)cc1OC. The van der Waals surface area contributed by atoms with Gasteiger partial charge in [-0.3, -0.25) is 4.79 Å². The van der Waals surface area contributed by atoms with E-state index < -0.39 is 6.10 Å². The van der Waals surface area contributed by atoms with Crippen LogP contribution in [0.15, 0.2) is 36.4 Å². The molecule has 0 fully saturated rings. The van der Waals surface area contributed by atoms with Gasteiger partial charge in [0.1, 0.15) is 17.2 Å². The number of aryl methyl sites for hydroxylation is 2. The van der Waals surface area contributed by atoms with E-state index in [0.29, 0.717) is 23.6 Å². The number of carbonyl (C=O) groups is 1. The average Bonchev–Trinajstić information content (AvgIpc) is 2.72. The van der Waals surface area contributed by atoms with Crippen molar-refractivity contribution in [2.75, 3.05) is 19.5 Å². The summed E-state index contributed by atoms with van der Waals surface area (Å²) in [6.45, 7) is 1.94. The fourth-order valence-electron chi connectivity index (χ4n) is 3.38. The van der Waals surface area contributed by atoms with Crippen molar-refractivity contribution in [2.45, 2.75) is 45.1 Å². The number of hydrogen-bond donors (Lipinski definition) is 1. The summed E-state index contributed by atoms with van der Waals surface area (Å²) in [5, 5.41) is 2.90. The summed E-state index contributed by atoms with van der Waals surface area (Å²) in [5.74, 6) is 1.77. The van der Waals surface area contributed by atoms with Crippen LogP contribution in [0.2, 0.25) is 0 Å². The second-order valence-corrected chi connectivity index (χ2v) is 6.71. The van der Waals surface area contributed by atoms with E-state index in [9.17, 15) is 4.79 Å². The molecule has 5 heteroatoms. The molecule has 27 heavy (non-hydrogen) atoms. The minimum absolute atomic E-state index is 0.196. The molecule has 1 aliphatic carbocycles. The Morgan fingerprint density at radius 2 is 1.74 bits per heavy atom. The number of benzene rings is 2. The lowest BCUT2D eigenvalue weighted by molar-refractivity contribution is -0.122. The van der Waals surface area contributed by atoms with Crippen molar-refractivity contribution in [1.29, 1.82) is 0 Å². The van der Waals surface area contributed by atoms with Gasteiger partial charge in [-0.15, -0.1) is 0 Å². The summed E-state index contributed by atoms with van der Waals surface area (Å²) in [7, 11) is 3.15. The Morgan fingerprint density at radius 1 is 1.00 bits per heavy atom. The molecule has 0 aliphatic heterocycles.